The standard InChI is InChI=1S/C29H27N3O3S/c1-18-8-10-19(11-9-18)27-23-6-4-14-31(23)28-22(21-5-2-3-7-26(21)36-28)16-32(27)29(33)30-20-12-13-24-25(15-20)35-17-34-24/h4,6,8-15,27H,2-3,5,7,16-17H2,1H3,(H,30,33)/t27-/m1/s1. The minimum atomic E-state index is -0.214. The van der Waals surface area contributed by atoms with Gasteiger partial charge in [-0.05, 0) is 68.0 Å². The second-order valence-corrected chi connectivity index (χ2v) is 10.8. The Labute approximate surface area is 214 Å². The molecule has 1 atom stereocenters. The van der Waals surface area contributed by atoms with E-state index in [4.69, 9.17) is 9.47 Å². The molecule has 0 bridgehead atoms. The number of aryl methyl sites for hydroxylation is 2. The van der Waals surface area contributed by atoms with Gasteiger partial charge in [0.25, 0.3) is 0 Å². The van der Waals surface area contributed by atoms with Crippen LogP contribution in [0.3, 0.4) is 0 Å². The van der Waals surface area contributed by atoms with Gasteiger partial charge >= 0.3 is 6.03 Å². The number of thiophene rings is 1. The second kappa shape index (κ2) is 8.45. The maximum absolute atomic E-state index is 14.0. The number of carbonyl (C=O) groups is 1. The van der Waals surface area contributed by atoms with Gasteiger partial charge in [-0.15, -0.1) is 11.3 Å². The van der Waals surface area contributed by atoms with Gasteiger partial charge in [-0.1, -0.05) is 29.8 Å². The van der Waals surface area contributed by atoms with Gasteiger partial charge in [-0.25, -0.2) is 4.79 Å². The highest BCUT2D eigenvalue weighted by molar-refractivity contribution is 7.15. The number of anilines is 1. The fraction of sp³-hybridized carbons (Fsp3) is 0.276. The number of benzene rings is 2. The molecular weight excluding hydrogens is 470 g/mol. The molecule has 182 valence electrons. The molecule has 0 saturated heterocycles. The molecule has 0 unspecified atom stereocenters. The van der Waals surface area contributed by atoms with Crippen molar-refractivity contribution in [1.29, 1.82) is 0 Å². The molecule has 1 N–H and O–H groups in total. The summed E-state index contributed by atoms with van der Waals surface area (Å²) in [5, 5.41) is 4.41. The summed E-state index contributed by atoms with van der Waals surface area (Å²) in [6.07, 6.45) is 6.82. The molecule has 0 saturated carbocycles. The number of nitrogens with one attached hydrogen (secondary N) is 1. The van der Waals surface area contributed by atoms with E-state index in [-0.39, 0.29) is 18.9 Å². The van der Waals surface area contributed by atoms with Crippen molar-refractivity contribution in [3.8, 4) is 16.5 Å². The highest BCUT2D eigenvalue weighted by atomic mass is 32.1. The molecule has 0 fully saturated rings. The number of hydrogen-bond acceptors (Lipinski definition) is 4. The van der Waals surface area contributed by atoms with Gasteiger partial charge in [0.1, 0.15) is 5.00 Å². The topological polar surface area (TPSA) is 55.7 Å². The monoisotopic (exact) mass is 497 g/mol. The van der Waals surface area contributed by atoms with E-state index in [1.807, 2.05) is 34.4 Å². The zero-order chi connectivity index (χ0) is 24.2. The largest absolute Gasteiger partial charge is 0.454 e. The third-order valence-electron chi connectivity index (χ3n) is 7.46. The summed E-state index contributed by atoms with van der Waals surface area (Å²) in [6, 6.07) is 18.0. The van der Waals surface area contributed by atoms with Gasteiger partial charge in [0.05, 0.1) is 18.3 Å². The molecule has 4 heterocycles. The minimum Gasteiger partial charge on any atom is -0.454 e. The van der Waals surface area contributed by atoms with Crippen molar-refractivity contribution in [1.82, 2.24) is 9.47 Å². The van der Waals surface area contributed by atoms with Crippen molar-refractivity contribution in [3.63, 3.8) is 0 Å². The zero-order valence-electron chi connectivity index (χ0n) is 20.1. The highest BCUT2D eigenvalue weighted by Crippen LogP contribution is 2.44. The summed E-state index contributed by atoms with van der Waals surface area (Å²) in [5.74, 6) is 1.36. The van der Waals surface area contributed by atoms with E-state index in [1.54, 1.807) is 0 Å². The first-order valence-corrected chi connectivity index (χ1v) is 13.3. The molecule has 2 amide bonds. The normalized spacial score (nSPS) is 17.7. The minimum absolute atomic E-state index is 0.129. The summed E-state index contributed by atoms with van der Waals surface area (Å²) >= 11 is 1.90. The Morgan fingerprint density at radius 3 is 2.72 bits per heavy atom. The Bertz CT molecular complexity index is 1470. The predicted octanol–water partition coefficient (Wildman–Crippen LogP) is 6.59. The molecule has 2 aromatic heterocycles. The number of nitrogens with zero attached hydrogens (tertiary/aromatic N) is 2. The van der Waals surface area contributed by atoms with E-state index in [2.05, 4.69) is 59.4 Å². The van der Waals surface area contributed by atoms with E-state index < -0.39 is 0 Å². The number of amides is 2. The lowest BCUT2D eigenvalue weighted by Crippen LogP contribution is -2.38. The summed E-state index contributed by atoms with van der Waals surface area (Å²) in [7, 11) is 0. The van der Waals surface area contributed by atoms with Crippen LogP contribution in [0.25, 0.3) is 5.00 Å². The van der Waals surface area contributed by atoms with Crippen molar-refractivity contribution < 1.29 is 14.3 Å². The van der Waals surface area contributed by atoms with Crippen LogP contribution in [0.4, 0.5) is 10.5 Å². The van der Waals surface area contributed by atoms with Crippen molar-refractivity contribution >= 4 is 23.1 Å². The first-order chi connectivity index (χ1) is 17.7. The fourth-order valence-corrected chi connectivity index (χ4v) is 7.06. The average Bonchev–Trinajstić information content (AvgIpc) is 3.62. The molecule has 2 aromatic carbocycles. The summed E-state index contributed by atoms with van der Waals surface area (Å²) < 4.78 is 13.3. The molecule has 4 aromatic rings. The van der Waals surface area contributed by atoms with Crippen LogP contribution in [0.5, 0.6) is 11.5 Å². The smallest absolute Gasteiger partial charge is 0.322 e. The molecule has 0 spiro atoms. The maximum Gasteiger partial charge on any atom is 0.322 e. The number of aromatic nitrogens is 1. The van der Waals surface area contributed by atoms with Crippen LogP contribution in [0.2, 0.25) is 0 Å². The lowest BCUT2D eigenvalue weighted by Gasteiger charge is -2.31. The van der Waals surface area contributed by atoms with Gasteiger partial charge < -0.3 is 24.3 Å². The van der Waals surface area contributed by atoms with Crippen LogP contribution in [-0.4, -0.2) is 22.3 Å². The van der Waals surface area contributed by atoms with Crippen LogP contribution >= 0.6 is 11.3 Å². The summed E-state index contributed by atoms with van der Waals surface area (Å²) in [5.41, 5.74) is 6.85. The molecule has 36 heavy (non-hydrogen) atoms. The van der Waals surface area contributed by atoms with Crippen LogP contribution in [0.1, 0.15) is 51.7 Å². The molecule has 6 nitrogen and oxygen atoms in total. The second-order valence-electron chi connectivity index (χ2n) is 9.74. The molecule has 2 aliphatic heterocycles. The molecule has 0 radical (unpaired) electrons. The van der Waals surface area contributed by atoms with Crippen molar-refractivity contribution in [2.75, 3.05) is 12.1 Å². The van der Waals surface area contributed by atoms with Gasteiger partial charge in [-0.2, -0.15) is 0 Å². The number of rotatable bonds is 2. The fourth-order valence-electron chi connectivity index (χ4n) is 5.66. The van der Waals surface area contributed by atoms with E-state index in [0.29, 0.717) is 23.7 Å². The number of urea groups is 1. The SMILES string of the molecule is Cc1ccc([C@@H]2c3cccn3-c3sc4c(c3CN2C(=O)Nc2ccc3c(c2)OCO3)CCCC4)cc1. The van der Waals surface area contributed by atoms with Gasteiger partial charge in [-0.3, -0.25) is 0 Å². The number of fused-ring (bicyclic) bond motifs is 6. The number of carbonyl (C=O) groups excluding carboxylic acids is 1. The van der Waals surface area contributed by atoms with E-state index in [0.717, 1.165) is 24.1 Å². The predicted molar refractivity (Wildman–Crippen MR) is 140 cm³/mol. The van der Waals surface area contributed by atoms with E-state index >= 15 is 0 Å². The first kappa shape index (κ1) is 21.6. The van der Waals surface area contributed by atoms with Crippen LogP contribution < -0.4 is 14.8 Å². The molecular formula is C29H27N3O3S. The molecule has 3 aliphatic rings. The number of ether oxygens (including phenoxy) is 2. The number of hydrogen-bond donors (Lipinski definition) is 1. The Morgan fingerprint density at radius 2 is 1.83 bits per heavy atom. The Kier molecular flexibility index (Phi) is 5.06. The molecule has 7 rings (SSSR count). The van der Waals surface area contributed by atoms with Crippen molar-refractivity contribution in [2.24, 2.45) is 0 Å². The Morgan fingerprint density at radius 1 is 1.00 bits per heavy atom. The van der Waals surface area contributed by atoms with E-state index in [1.165, 1.54) is 39.4 Å². The summed E-state index contributed by atoms with van der Waals surface area (Å²) in [6.45, 7) is 2.86. The van der Waals surface area contributed by atoms with Crippen molar-refractivity contribution in [2.45, 2.75) is 45.2 Å². The average molecular weight is 498 g/mol. The Balaban J connectivity index is 1.34. The molecule has 7 heteroatoms. The van der Waals surface area contributed by atoms with Gasteiger partial charge in [0.15, 0.2) is 11.5 Å². The Hall–Kier alpha value is -3.71. The quantitative estimate of drug-likeness (QED) is 0.340. The van der Waals surface area contributed by atoms with Crippen molar-refractivity contribution in [3.05, 3.63) is 93.6 Å². The highest BCUT2D eigenvalue weighted by Gasteiger charge is 2.36. The lowest BCUT2D eigenvalue weighted by atomic mass is 9.95. The van der Waals surface area contributed by atoms with Gasteiger partial charge in [0, 0.05) is 28.4 Å². The first-order valence-electron chi connectivity index (χ1n) is 12.5. The zero-order valence-corrected chi connectivity index (χ0v) is 20.9. The van der Waals surface area contributed by atoms with Crippen LogP contribution in [-0.2, 0) is 19.4 Å². The summed E-state index contributed by atoms with van der Waals surface area (Å²) in [4.78, 5) is 17.5. The van der Waals surface area contributed by atoms with Crippen LogP contribution in [0, 0.1) is 6.92 Å². The van der Waals surface area contributed by atoms with Gasteiger partial charge in [0.2, 0.25) is 6.79 Å². The maximum atomic E-state index is 14.0. The van der Waals surface area contributed by atoms with Crippen LogP contribution in [0.15, 0.2) is 60.8 Å². The molecule has 1 aliphatic carbocycles. The third-order valence-corrected chi connectivity index (χ3v) is 8.79. The van der Waals surface area contributed by atoms with E-state index in [9.17, 15) is 4.79 Å². The lowest BCUT2D eigenvalue weighted by molar-refractivity contribution is 0.174. The third kappa shape index (κ3) is 3.49.